The Morgan fingerprint density at radius 3 is 2.64 bits per heavy atom. The number of ether oxygens (including phenoxy) is 1. The van der Waals surface area contributed by atoms with E-state index in [-0.39, 0.29) is 11.9 Å². The molecule has 0 spiro atoms. The van der Waals surface area contributed by atoms with Crippen LogP contribution in [0.1, 0.15) is 31.2 Å². The van der Waals surface area contributed by atoms with Crippen molar-refractivity contribution in [3.05, 3.63) is 42.0 Å². The van der Waals surface area contributed by atoms with Gasteiger partial charge < -0.3 is 9.16 Å². The second kappa shape index (κ2) is 7.09. The van der Waals surface area contributed by atoms with Gasteiger partial charge in [-0.1, -0.05) is 0 Å². The van der Waals surface area contributed by atoms with Gasteiger partial charge in [0.25, 0.3) is 0 Å². The van der Waals surface area contributed by atoms with E-state index in [2.05, 4.69) is 31.2 Å². The topological polar surface area (TPSA) is 30.8 Å². The van der Waals surface area contributed by atoms with Crippen molar-refractivity contribution in [2.75, 3.05) is 0 Å². The standard InChI is InChI=1S/C17H24FNO2Si/c1-13(21-22(2,3)4)19-12-14-11-15(18)9-10-17(14)20-16-7-5-6-8-16/h9-12,16H,1,5-8H2,2-4H3. The summed E-state index contributed by atoms with van der Waals surface area (Å²) in [5.41, 5.74) is 0.618. The van der Waals surface area contributed by atoms with Crippen LogP contribution in [-0.2, 0) is 4.43 Å². The van der Waals surface area contributed by atoms with Crippen molar-refractivity contribution in [2.24, 2.45) is 4.99 Å². The van der Waals surface area contributed by atoms with Gasteiger partial charge in [0.05, 0.1) is 6.10 Å². The fourth-order valence-electron chi connectivity index (χ4n) is 2.43. The van der Waals surface area contributed by atoms with Gasteiger partial charge in [-0.25, -0.2) is 9.38 Å². The van der Waals surface area contributed by atoms with Gasteiger partial charge >= 0.3 is 0 Å². The van der Waals surface area contributed by atoms with Crippen molar-refractivity contribution in [1.82, 2.24) is 0 Å². The highest BCUT2D eigenvalue weighted by Crippen LogP contribution is 2.26. The predicted molar refractivity (Wildman–Crippen MR) is 90.4 cm³/mol. The zero-order valence-corrected chi connectivity index (χ0v) is 14.6. The molecule has 0 bridgehead atoms. The van der Waals surface area contributed by atoms with E-state index in [0.717, 1.165) is 12.8 Å². The van der Waals surface area contributed by atoms with Crippen molar-refractivity contribution < 1.29 is 13.6 Å². The van der Waals surface area contributed by atoms with Crippen LogP contribution >= 0.6 is 0 Å². The van der Waals surface area contributed by atoms with E-state index in [9.17, 15) is 4.39 Å². The molecule has 0 aliphatic heterocycles. The van der Waals surface area contributed by atoms with Crippen LogP contribution in [0.5, 0.6) is 5.75 Å². The summed E-state index contributed by atoms with van der Waals surface area (Å²) in [6, 6.07) is 4.50. The van der Waals surface area contributed by atoms with Gasteiger partial charge in [0.1, 0.15) is 11.6 Å². The summed E-state index contributed by atoms with van der Waals surface area (Å²) in [4.78, 5) is 4.20. The number of aliphatic imine (C=N–C) groups is 1. The molecular formula is C17H24FNO2Si. The lowest BCUT2D eigenvalue weighted by atomic mass is 10.2. The number of benzene rings is 1. The lowest BCUT2D eigenvalue weighted by Gasteiger charge is -2.18. The lowest BCUT2D eigenvalue weighted by Crippen LogP contribution is -2.24. The summed E-state index contributed by atoms with van der Waals surface area (Å²) < 4.78 is 25.1. The first-order chi connectivity index (χ1) is 10.3. The van der Waals surface area contributed by atoms with Crippen LogP contribution in [-0.4, -0.2) is 20.6 Å². The highest BCUT2D eigenvalue weighted by molar-refractivity contribution is 6.70. The van der Waals surface area contributed by atoms with E-state index < -0.39 is 8.32 Å². The van der Waals surface area contributed by atoms with Gasteiger partial charge in [-0.05, 0) is 70.1 Å². The largest absolute Gasteiger partial charge is 0.532 e. The monoisotopic (exact) mass is 321 g/mol. The normalized spacial score (nSPS) is 16.2. The van der Waals surface area contributed by atoms with E-state index in [1.54, 1.807) is 12.3 Å². The zero-order chi connectivity index (χ0) is 16.2. The third-order valence-electron chi connectivity index (χ3n) is 3.34. The van der Waals surface area contributed by atoms with Gasteiger partial charge in [0.15, 0.2) is 5.88 Å². The van der Waals surface area contributed by atoms with Crippen molar-refractivity contribution in [1.29, 1.82) is 0 Å². The van der Waals surface area contributed by atoms with Crippen molar-refractivity contribution in [3.8, 4) is 5.75 Å². The Morgan fingerprint density at radius 1 is 1.32 bits per heavy atom. The molecule has 1 saturated carbocycles. The van der Waals surface area contributed by atoms with Crippen LogP contribution in [0.25, 0.3) is 0 Å². The van der Waals surface area contributed by atoms with E-state index >= 15 is 0 Å². The van der Waals surface area contributed by atoms with Crippen molar-refractivity contribution in [2.45, 2.75) is 51.4 Å². The number of rotatable bonds is 6. The molecule has 1 fully saturated rings. The SMILES string of the molecule is C=C(N=Cc1cc(F)ccc1OC1CCCC1)O[Si](C)(C)C. The van der Waals surface area contributed by atoms with Crippen LogP contribution in [0, 0.1) is 5.82 Å². The molecule has 22 heavy (non-hydrogen) atoms. The third kappa shape index (κ3) is 5.29. The summed E-state index contributed by atoms with van der Waals surface area (Å²) in [6.45, 7) is 9.97. The maximum atomic E-state index is 13.5. The first kappa shape index (κ1) is 16.7. The van der Waals surface area contributed by atoms with Crippen molar-refractivity contribution >= 4 is 14.5 Å². The molecular weight excluding hydrogens is 297 g/mol. The fourth-order valence-corrected chi connectivity index (χ4v) is 3.19. The molecule has 3 nitrogen and oxygen atoms in total. The molecule has 1 aromatic carbocycles. The number of hydrogen-bond acceptors (Lipinski definition) is 3. The lowest BCUT2D eigenvalue weighted by molar-refractivity contribution is 0.209. The van der Waals surface area contributed by atoms with Gasteiger partial charge in [-0.2, -0.15) is 0 Å². The smallest absolute Gasteiger partial charge is 0.244 e. The second-order valence-electron chi connectivity index (χ2n) is 6.57. The average Bonchev–Trinajstić information content (AvgIpc) is 2.90. The first-order valence-electron chi connectivity index (χ1n) is 7.72. The Balaban J connectivity index is 2.11. The van der Waals surface area contributed by atoms with Crippen LogP contribution in [0.15, 0.2) is 35.7 Å². The van der Waals surface area contributed by atoms with E-state index in [1.807, 2.05) is 0 Å². The molecule has 1 aliphatic carbocycles. The van der Waals surface area contributed by atoms with E-state index in [0.29, 0.717) is 17.2 Å². The van der Waals surface area contributed by atoms with Crippen molar-refractivity contribution in [3.63, 3.8) is 0 Å². The Bertz CT molecular complexity index is 560. The highest BCUT2D eigenvalue weighted by atomic mass is 28.4. The molecule has 0 heterocycles. The molecule has 0 aromatic heterocycles. The molecule has 2 rings (SSSR count). The van der Waals surface area contributed by atoms with Crippen LogP contribution < -0.4 is 4.74 Å². The maximum Gasteiger partial charge on any atom is 0.244 e. The Kier molecular flexibility index (Phi) is 5.40. The van der Waals surface area contributed by atoms with Crippen LogP contribution in [0.2, 0.25) is 19.6 Å². The van der Waals surface area contributed by atoms with E-state index in [4.69, 9.17) is 9.16 Å². The van der Waals surface area contributed by atoms with Gasteiger partial charge in [-0.3, -0.25) is 0 Å². The molecule has 120 valence electrons. The minimum absolute atomic E-state index is 0.221. The summed E-state index contributed by atoms with van der Waals surface area (Å²) >= 11 is 0. The highest BCUT2D eigenvalue weighted by Gasteiger charge is 2.18. The number of nitrogens with zero attached hydrogens (tertiary/aromatic N) is 1. The second-order valence-corrected chi connectivity index (χ2v) is 11.0. The van der Waals surface area contributed by atoms with Gasteiger partial charge in [0.2, 0.25) is 8.32 Å². The zero-order valence-electron chi connectivity index (χ0n) is 13.6. The van der Waals surface area contributed by atoms with Gasteiger partial charge in [-0.15, -0.1) is 0 Å². The molecule has 0 unspecified atom stereocenters. The Labute approximate surface area is 133 Å². The molecule has 0 atom stereocenters. The average molecular weight is 321 g/mol. The first-order valence-corrected chi connectivity index (χ1v) is 11.1. The Hall–Kier alpha value is -1.62. The van der Waals surface area contributed by atoms with Gasteiger partial charge in [0, 0.05) is 11.8 Å². The minimum atomic E-state index is -1.73. The molecule has 0 saturated heterocycles. The van der Waals surface area contributed by atoms with Crippen LogP contribution in [0.3, 0.4) is 0 Å². The summed E-state index contributed by atoms with van der Waals surface area (Å²) in [7, 11) is -1.73. The third-order valence-corrected chi connectivity index (χ3v) is 4.19. The minimum Gasteiger partial charge on any atom is -0.532 e. The molecule has 1 aliphatic rings. The molecule has 0 amide bonds. The fraction of sp³-hybridized carbons (Fsp3) is 0.471. The number of hydrogen-bond donors (Lipinski definition) is 0. The predicted octanol–water partition coefficient (Wildman–Crippen LogP) is 4.89. The Morgan fingerprint density at radius 2 is 2.00 bits per heavy atom. The van der Waals surface area contributed by atoms with Crippen LogP contribution in [0.4, 0.5) is 4.39 Å². The maximum absolute atomic E-state index is 13.5. The summed E-state index contributed by atoms with van der Waals surface area (Å²) in [6.07, 6.45) is 6.28. The number of halogens is 1. The quantitative estimate of drug-likeness (QED) is 0.424. The summed E-state index contributed by atoms with van der Waals surface area (Å²) in [5.74, 6) is 0.713. The molecule has 0 radical (unpaired) electrons. The van der Waals surface area contributed by atoms with E-state index in [1.165, 1.54) is 25.0 Å². The summed E-state index contributed by atoms with van der Waals surface area (Å²) in [5, 5.41) is 0. The molecule has 0 N–H and O–H groups in total. The molecule has 5 heteroatoms. The molecule has 1 aromatic rings.